The predicted molar refractivity (Wildman–Crippen MR) is 64.0 cm³/mol. The highest BCUT2D eigenvalue weighted by Crippen LogP contribution is 2.25. The lowest BCUT2D eigenvalue weighted by molar-refractivity contribution is 1.10. The van der Waals surface area contributed by atoms with E-state index in [1.54, 1.807) is 18.6 Å². The number of thiol groups is 1. The summed E-state index contributed by atoms with van der Waals surface area (Å²) in [5.74, 6) is 0.661. The number of fused-ring (bicyclic) bond motifs is 1. The average molecular weight is 216 g/mol. The normalized spacial score (nSPS) is 11.0. The quantitative estimate of drug-likeness (QED) is 0.632. The Kier molecular flexibility index (Phi) is 3.35. The van der Waals surface area contributed by atoms with Gasteiger partial charge in [0.2, 0.25) is 0 Å². The highest BCUT2D eigenvalue weighted by atomic mass is 32.1. The van der Waals surface area contributed by atoms with Crippen molar-refractivity contribution in [2.75, 3.05) is 0 Å². The number of rotatable bonds is 1. The summed E-state index contributed by atoms with van der Waals surface area (Å²) >= 11 is 4.01. The molecule has 0 amide bonds. The maximum absolute atomic E-state index is 4.01. The van der Waals surface area contributed by atoms with Crippen molar-refractivity contribution in [3.8, 4) is 0 Å². The second-order valence-electron chi connectivity index (χ2n) is 3.30. The highest BCUT2D eigenvalue weighted by Gasteiger charge is 2.12. The van der Waals surface area contributed by atoms with Gasteiger partial charge in [-0.25, -0.2) is 0 Å². The third kappa shape index (κ3) is 3.06. The minimum absolute atomic E-state index is 0.661. The van der Waals surface area contributed by atoms with Crippen LogP contribution in [0.5, 0.6) is 0 Å². The largest absolute Gasteiger partial charge is 0.261 e. The van der Waals surface area contributed by atoms with Crippen molar-refractivity contribution in [2.45, 2.75) is 12.2 Å². The van der Waals surface area contributed by atoms with Crippen molar-refractivity contribution >= 4 is 12.6 Å². The number of hydrogen-bond acceptors (Lipinski definition) is 3. The monoisotopic (exact) mass is 216 g/mol. The van der Waals surface area contributed by atoms with Gasteiger partial charge in [-0.1, -0.05) is 24.3 Å². The molecule has 0 saturated carbocycles. The van der Waals surface area contributed by atoms with Gasteiger partial charge in [0.05, 0.1) is 5.69 Å². The summed E-state index contributed by atoms with van der Waals surface area (Å²) in [5.41, 5.74) is 3.97. The van der Waals surface area contributed by atoms with Crippen LogP contribution in [-0.4, -0.2) is 9.97 Å². The van der Waals surface area contributed by atoms with E-state index < -0.39 is 0 Å². The third-order valence-electron chi connectivity index (χ3n) is 2.15. The lowest BCUT2D eigenvalue weighted by atomic mass is 10.4. The summed E-state index contributed by atoms with van der Waals surface area (Å²) in [5, 5.41) is 0. The number of aromatic nitrogens is 2. The molecule has 0 N–H and O–H groups in total. The standard InChI is InChI=1S/C7H6.C5H6N2S/c1-2-4-7-5-6(7)3-1;8-4-5-3-6-1-2-7-5/h1-4H,5H2;1-3,8H,4H2. The van der Waals surface area contributed by atoms with E-state index in [2.05, 4.69) is 46.9 Å². The molecule has 2 nitrogen and oxygen atoms in total. The van der Waals surface area contributed by atoms with Gasteiger partial charge in [0.25, 0.3) is 0 Å². The first-order chi connectivity index (χ1) is 7.40. The fourth-order valence-corrected chi connectivity index (χ4v) is 1.41. The van der Waals surface area contributed by atoms with Crippen LogP contribution in [0.2, 0.25) is 0 Å². The molecule has 1 aliphatic carbocycles. The Balaban J connectivity index is 0.000000114. The van der Waals surface area contributed by atoms with E-state index in [0.29, 0.717) is 5.75 Å². The van der Waals surface area contributed by atoms with E-state index >= 15 is 0 Å². The van der Waals surface area contributed by atoms with Gasteiger partial charge in [-0.3, -0.25) is 9.97 Å². The molecule has 0 saturated heterocycles. The number of nitrogens with zero attached hydrogens (tertiary/aromatic N) is 2. The van der Waals surface area contributed by atoms with E-state index in [9.17, 15) is 0 Å². The number of benzene rings is 1. The summed E-state index contributed by atoms with van der Waals surface area (Å²) in [6, 6.07) is 8.53. The van der Waals surface area contributed by atoms with Crippen molar-refractivity contribution in [3.05, 3.63) is 59.7 Å². The molecular weight excluding hydrogens is 204 g/mol. The Morgan fingerprint density at radius 3 is 2.27 bits per heavy atom. The van der Waals surface area contributed by atoms with E-state index in [1.165, 1.54) is 17.5 Å². The van der Waals surface area contributed by atoms with Gasteiger partial charge in [0, 0.05) is 24.3 Å². The number of hydrogen-bond donors (Lipinski definition) is 1. The Morgan fingerprint density at radius 2 is 1.87 bits per heavy atom. The van der Waals surface area contributed by atoms with E-state index in [4.69, 9.17) is 0 Å². The second kappa shape index (κ2) is 4.94. The predicted octanol–water partition coefficient (Wildman–Crippen LogP) is 2.50. The van der Waals surface area contributed by atoms with Gasteiger partial charge in [-0.2, -0.15) is 12.6 Å². The van der Waals surface area contributed by atoms with Crippen molar-refractivity contribution in [1.82, 2.24) is 9.97 Å². The minimum atomic E-state index is 0.661. The molecule has 2 aromatic rings. The molecule has 3 heteroatoms. The average Bonchev–Trinajstić information content (AvgIpc) is 3.10. The lowest BCUT2D eigenvalue weighted by Gasteiger charge is -1.87. The second-order valence-corrected chi connectivity index (χ2v) is 3.62. The molecule has 15 heavy (non-hydrogen) atoms. The van der Waals surface area contributed by atoms with Crippen LogP contribution in [0.25, 0.3) is 0 Å². The van der Waals surface area contributed by atoms with Gasteiger partial charge < -0.3 is 0 Å². The van der Waals surface area contributed by atoms with Crippen molar-refractivity contribution < 1.29 is 0 Å². The summed E-state index contributed by atoms with van der Waals surface area (Å²) in [6.07, 6.45) is 6.25. The molecule has 1 aromatic heterocycles. The molecule has 3 rings (SSSR count). The molecule has 0 atom stereocenters. The molecular formula is C12H12N2S. The van der Waals surface area contributed by atoms with Crippen LogP contribution >= 0.6 is 12.6 Å². The Bertz CT molecular complexity index is 408. The zero-order chi connectivity index (χ0) is 10.5. The van der Waals surface area contributed by atoms with Crippen LogP contribution in [0.15, 0.2) is 42.9 Å². The molecule has 1 aliphatic rings. The van der Waals surface area contributed by atoms with Gasteiger partial charge in [0.15, 0.2) is 0 Å². The zero-order valence-electron chi connectivity index (χ0n) is 8.30. The van der Waals surface area contributed by atoms with Gasteiger partial charge >= 0.3 is 0 Å². The summed E-state index contributed by atoms with van der Waals surface area (Å²) in [4.78, 5) is 7.80. The minimum Gasteiger partial charge on any atom is -0.261 e. The molecule has 0 fully saturated rings. The molecule has 0 bridgehead atoms. The molecule has 76 valence electrons. The van der Waals surface area contributed by atoms with Crippen molar-refractivity contribution in [1.29, 1.82) is 0 Å². The molecule has 1 aromatic carbocycles. The van der Waals surface area contributed by atoms with Gasteiger partial charge in [0.1, 0.15) is 0 Å². The van der Waals surface area contributed by atoms with E-state index in [-0.39, 0.29) is 0 Å². The fourth-order valence-electron chi connectivity index (χ4n) is 1.25. The first-order valence-corrected chi connectivity index (χ1v) is 5.46. The van der Waals surface area contributed by atoms with Gasteiger partial charge in [-0.05, 0) is 17.5 Å². The van der Waals surface area contributed by atoms with Crippen LogP contribution in [0.4, 0.5) is 0 Å². The maximum atomic E-state index is 4.01. The smallest absolute Gasteiger partial charge is 0.0682 e. The topological polar surface area (TPSA) is 25.8 Å². The van der Waals surface area contributed by atoms with Crippen LogP contribution in [0.1, 0.15) is 16.8 Å². The first-order valence-electron chi connectivity index (χ1n) is 4.82. The molecule has 0 unspecified atom stereocenters. The fraction of sp³-hybridized carbons (Fsp3) is 0.167. The SMILES string of the molecule is SCc1cnccn1.c1ccc2c(c1)C2. The lowest BCUT2D eigenvalue weighted by Crippen LogP contribution is -1.82. The Hall–Kier alpha value is -1.35. The highest BCUT2D eigenvalue weighted by molar-refractivity contribution is 7.79. The zero-order valence-corrected chi connectivity index (χ0v) is 9.19. The van der Waals surface area contributed by atoms with Crippen LogP contribution < -0.4 is 0 Å². The van der Waals surface area contributed by atoms with Crippen molar-refractivity contribution in [2.24, 2.45) is 0 Å². The summed E-state index contributed by atoms with van der Waals surface area (Å²) in [6.45, 7) is 0. The first kappa shape index (κ1) is 10.2. The third-order valence-corrected chi connectivity index (χ3v) is 2.48. The Morgan fingerprint density at radius 1 is 1.13 bits per heavy atom. The molecule has 0 radical (unpaired) electrons. The van der Waals surface area contributed by atoms with Crippen molar-refractivity contribution in [3.63, 3.8) is 0 Å². The van der Waals surface area contributed by atoms with Gasteiger partial charge in [-0.15, -0.1) is 0 Å². The van der Waals surface area contributed by atoms with Crippen LogP contribution in [-0.2, 0) is 12.2 Å². The molecule has 0 spiro atoms. The maximum Gasteiger partial charge on any atom is 0.0682 e. The summed E-state index contributed by atoms with van der Waals surface area (Å²) in [7, 11) is 0. The van der Waals surface area contributed by atoms with E-state index in [0.717, 1.165) is 5.69 Å². The molecule has 1 heterocycles. The molecule has 0 aliphatic heterocycles. The van der Waals surface area contributed by atoms with E-state index in [1.807, 2.05) is 0 Å². The van der Waals surface area contributed by atoms with Crippen LogP contribution in [0, 0.1) is 0 Å². The van der Waals surface area contributed by atoms with Crippen LogP contribution in [0.3, 0.4) is 0 Å². The summed E-state index contributed by atoms with van der Waals surface area (Å²) < 4.78 is 0. The Labute approximate surface area is 94.8 Å².